The standard InChI is InChI=1S/C10H13F3S/c1-6-7(10(11,12)13)5-14-8(6)9(2,3)4/h5H,1-4H3. The molecular weight excluding hydrogens is 209 g/mol. The highest BCUT2D eigenvalue weighted by Gasteiger charge is 2.35. The highest BCUT2D eigenvalue weighted by Crippen LogP contribution is 2.40. The van der Waals surface area contributed by atoms with E-state index in [1.807, 2.05) is 20.8 Å². The summed E-state index contributed by atoms with van der Waals surface area (Å²) in [6, 6.07) is 0. The average Bonchev–Trinajstić information content (AvgIpc) is 2.26. The van der Waals surface area contributed by atoms with Gasteiger partial charge in [-0.05, 0) is 17.9 Å². The molecule has 0 saturated carbocycles. The normalized spacial score (nSPS) is 13.4. The van der Waals surface area contributed by atoms with Gasteiger partial charge in [-0.15, -0.1) is 11.3 Å². The molecule has 0 N–H and O–H groups in total. The lowest BCUT2D eigenvalue weighted by Crippen LogP contribution is -2.12. The molecule has 0 bridgehead atoms. The van der Waals surface area contributed by atoms with Gasteiger partial charge in [-0.2, -0.15) is 13.2 Å². The molecule has 1 rings (SSSR count). The zero-order valence-corrected chi connectivity index (χ0v) is 9.44. The van der Waals surface area contributed by atoms with Crippen LogP contribution in [0.3, 0.4) is 0 Å². The van der Waals surface area contributed by atoms with Crippen LogP contribution in [-0.2, 0) is 11.6 Å². The third kappa shape index (κ3) is 2.11. The summed E-state index contributed by atoms with van der Waals surface area (Å²) in [5.74, 6) is 0. The molecule has 0 aliphatic heterocycles. The maximum absolute atomic E-state index is 12.5. The van der Waals surface area contributed by atoms with Gasteiger partial charge in [0.1, 0.15) is 0 Å². The van der Waals surface area contributed by atoms with Crippen LogP contribution >= 0.6 is 11.3 Å². The number of alkyl halides is 3. The van der Waals surface area contributed by atoms with E-state index in [0.717, 1.165) is 4.88 Å². The van der Waals surface area contributed by atoms with E-state index in [1.165, 1.54) is 16.7 Å². The molecule has 0 amide bonds. The Labute approximate surface area is 85.8 Å². The molecule has 14 heavy (non-hydrogen) atoms. The van der Waals surface area contributed by atoms with Gasteiger partial charge in [-0.3, -0.25) is 0 Å². The van der Waals surface area contributed by atoms with Crippen LogP contribution in [0.15, 0.2) is 5.38 Å². The number of rotatable bonds is 0. The smallest absolute Gasteiger partial charge is 0.166 e. The van der Waals surface area contributed by atoms with E-state index in [4.69, 9.17) is 0 Å². The van der Waals surface area contributed by atoms with Crippen LogP contribution in [0.25, 0.3) is 0 Å². The Balaban J connectivity index is 3.23. The highest BCUT2D eigenvalue weighted by atomic mass is 32.1. The number of hydrogen-bond donors (Lipinski definition) is 0. The molecular formula is C10H13F3S. The Morgan fingerprint density at radius 3 is 1.86 bits per heavy atom. The minimum Gasteiger partial charge on any atom is -0.166 e. The summed E-state index contributed by atoms with van der Waals surface area (Å²) in [6.07, 6.45) is -4.22. The third-order valence-electron chi connectivity index (χ3n) is 2.03. The maximum atomic E-state index is 12.5. The van der Waals surface area contributed by atoms with Crippen molar-refractivity contribution >= 4 is 11.3 Å². The summed E-state index contributed by atoms with van der Waals surface area (Å²) < 4.78 is 37.4. The largest absolute Gasteiger partial charge is 0.417 e. The quantitative estimate of drug-likeness (QED) is 0.611. The van der Waals surface area contributed by atoms with Gasteiger partial charge < -0.3 is 0 Å². The van der Waals surface area contributed by atoms with Crippen LogP contribution in [0.5, 0.6) is 0 Å². The summed E-state index contributed by atoms with van der Waals surface area (Å²) in [6.45, 7) is 7.31. The van der Waals surface area contributed by atoms with Crippen LogP contribution in [-0.4, -0.2) is 0 Å². The van der Waals surface area contributed by atoms with Gasteiger partial charge in [0, 0.05) is 10.3 Å². The lowest BCUT2D eigenvalue weighted by molar-refractivity contribution is -0.137. The van der Waals surface area contributed by atoms with Crippen molar-refractivity contribution in [3.8, 4) is 0 Å². The Bertz CT molecular complexity index is 297. The zero-order valence-electron chi connectivity index (χ0n) is 8.62. The van der Waals surface area contributed by atoms with E-state index in [1.54, 1.807) is 6.92 Å². The zero-order chi connectivity index (χ0) is 11.1. The first-order valence-corrected chi connectivity index (χ1v) is 5.18. The summed E-state index contributed by atoms with van der Waals surface area (Å²) >= 11 is 1.19. The van der Waals surface area contributed by atoms with Gasteiger partial charge in [0.15, 0.2) is 0 Å². The van der Waals surface area contributed by atoms with Gasteiger partial charge in [-0.25, -0.2) is 0 Å². The Kier molecular flexibility index (Phi) is 2.69. The highest BCUT2D eigenvalue weighted by molar-refractivity contribution is 7.10. The lowest BCUT2D eigenvalue weighted by Gasteiger charge is -2.18. The molecule has 1 heterocycles. The average molecular weight is 222 g/mol. The van der Waals surface area contributed by atoms with Crippen LogP contribution in [0.2, 0.25) is 0 Å². The Hall–Kier alpha value is -0.510. The Morgan fingerprint density at radius 2 is 1.64 bits per heavy atom. The number of hydrogen-bond acceptors (Lipinski definition) is 1. The fourth-order valence-electron chi connectivity index (χ4n) is 1.44. The van der Waals surface area contributed by atoms with Crippen molar-refractivity contribution in [3.05, 3.63) is 21.4 Å². The first kappa shape index (κ1) is 11.6. The molecule has 0 unspecified atom stereocenters. The van der Waals surface area contributed by atoms with Crippen molar-refractivity contribution in [3.63, 3.8) is 0 Å². The number of halogens is 3. The molecule has 0 nitrogen and oxygen atoms in total. The van der Waals surface area contributed by atoms with E-state index in [-0.39, 0.29) is 5.41 Å². The van der Waals surface area contributed by atoms with Gasteiger partial charge >= 0.3 is 6.18 Å². The summed E-state index contributed by atoms with van der Waals surface area (Å²) in [7, 11) is 0. The predicted octanol–water partition coefficient (Wildman–Crippen LogP) is 4.37. The molecule has 0 spiro atoms. The molecule has 0 radical (unpaired) electrons. The van der Waals surface area contributed by atoms with Crippen molar-refractivity contribution in [2.24, 2.45) is 0 Å². The topological polar surface area (TPSA) is 0 Å². The van der Waals surface area contributed by atoms with Crippen LogP contribution in [0, 0.1) is 6.92 Å². The fraction of sp³-hybridized carbons (Fsp3) is 0.600. The van der Waals surface area contributed by atoms with Gasteiger partial charge in [-0.1, -0.05) is 20.8 Å². The maximum Gasteiger partial charge on any atom is 0.417 e. The molecule has 1 aromatic rings. The second kappa shape index (κ2) is 3.26. The van der Waals surface area contributed by atoms with Gasteiger partial charge in [0.2, 0.25) is 0 Å². The first-order chi connectivity index (χ1) is 6.14. The molecule has 0 atom stereocenters. The predicted molar refractivity (Wildman–Crippen MR) is 52.8 cm³/mol. The van der Waals surface area contributed by atoms with E-state index < -0.39 is 11.7 Å². The SMILES string of the molecule is Cc1c(C(F)(F)F)csc1C(C)(C)C. The Morgan fingerprint density at radius 1 is 1.14 bits per heavy atom. The molecule has 0 fully saturated rings. The molecule has 0 aromatic carbocycles. The number of thiophene rings is 1. The summed E-state index contributed by atoms with van der Waals surface area (Å²) in [5.41, 5.74) is -0.333. The third-order valence-corrected chi connectivity index (χ3v) is 3.53. The van der Waals surface area contributed by atoms with E-state index in [0.29, 0.717) is 5.56 Å². The van der Waals surface area contributed by atoms with Crippen molar-refractivity contribution in [1.29, 1.82) is 0 Å². The second-order valence-electron chi connectivity index (χ2n) is 4.35. The van der Waals surface area contributed by atoms with Crippen molar-refractivity contribution in [1.82, 2.24) is 0 Å². The molecule has 0 aliphatic carbocycles. The molecule has 4 heteroatoms. The van der Waals surface area contributed by atoms with E-state index in [9.17, 15) is 13.2 Å². The first-order valence-electron chi connectivity index (χ1n) is 4.30. The monoisotopic (exact) mass is 222 g/mol. The minimum atomic E-state index is -4.22. The van der Waals surface area contributed by atoms with E-state index in [2.05, 4.69) is 0 Å². The van der Waals surface area contributed by atoms with Gasteiger partial charge in [0.05, 0.1) is 5.56 Å². The van der Waals surface area contributed by atoms with Crippen LogP contribution in [0.1, 0.15) is 36.8 Å². The second-order valence-corrected chi connectivity index (χ2v) is 5.23. The fourth-order valence-corrected chi connectivity index (χ4v) is 2.62. The summed E-state index contributed by atoms with van der Waals surface area (Å²) in [4.78, 5) is 0.810. The summed E-state index contributed by atoms with van der Waals surface area (Å²) in [5, 5.41) is 1.20. The molecule has 0 saturated heterocycles. The van der Waals surface area contributed by atoms with Crippen LogP contribution in [0.4, 0.5) is 13.2 Å². The van der Waals surface area contributed by atoms with Crippen molar-refractivity contribution < 1.29 is 13.2 Å². The van der Waals surface area contributed by atoms with Crippen molar-refractivity contribution in [2.75, 3.05) is 0 Å². The van der Waals surface area contributed by atoms with Gasteiger partial charge in [0.25, 0.3) is 0 Å². The van der Waals surface area contributed by atoms with Crippen molar-refractivity contribution in [2.45, 2.75) is 39.3 Å². The van der Waals surface area contributed by atoms with E-state index >= 15 is 0 Å². The molecule has 1 aromatic heterocycles. The minimum absolute atomic E-state index is 0.210. The molecule has 80 valence electrons. The lowest BCUT2D eigenvalue weighted by atomic mass is 9.91. The molecule has 0 aliphatic rings. The van der Waals surface area contributed by atoms with Crippen LogP contribution < -0.4 is 0 Å².